The largest absolute Gasteiger partial charge is 0.493 e. The van der Waals surface area contributed by atoms with Crippen LogP contribution in [0.4, 0.5) is 5.00 Å². The van der Waals surface area contributed by atoms with Crippen LogP contribution in [0.15, 0.2) is 23.6 Å². The Balaban J connectivity index is 2.03. The van der Waals surface area contributed by atoms with E-state index in [2.05, 4.69) is 5.32 Å². The third-order valence-corrected chi connectivity index (χ3v) is 4.65. The van der Waals surface area contributed by atoms with Crippen molar-refractivity contribution >= 4 is 45.7 Å². The smallest absolute Gasteiger partial charge is 0.338 e. The van der Waals surface area contributed by atoms with Crippen LogP contribution in [0.1, 0.15) is 34.6 Å². The highest BCUT2D eigenvalue weighted by Crippen LogP contribution is 2.37. The molecule has 0 unspecified atom stereocenters. The van der Waals surface area contributed by atoms with Gasteiger partial charge < -0.3 is 25.3 Å². The number of primary amides is 1. The van der Waals surface area contributed by atoms with Crippen LogP contribution in [-0.2, 0) is 9.53 Å². The molecule has 0 aliphatic carbocycles. The van der Waals surface area contributed by atoms with Crippen molar-refractivity contribution in [3.63, 3.8) is 0 Å². The predicted octanol–water partition coefficient (Wildman–Crippen LogP) is 3.34. The number of halogens is 1. The molecule has 0 spiro atoms. The van der Waals surface area contributed by atoms with Crippen LogP contribution in [0.3, 0.4) is 0 Å². The fourth-order valence-corrected chi connectivity index (χ4v) is 3.28. The maximum Gasteiger partial charge on any atom is 0.338 e. The number of hydrogen-bond acceptors (Lipinski definition) is 7. The minimum atomic E-state index is -0.767. The van der Waals surface area contributed by atoms with Gasteiger partial charge in [0.25, 0.3) is 11.8 Å². The Labute approximate surface area is 176 Å². The molecule has 3 N–H and O–H groups in total. The van der Waals surface area contributed by atoms with Crippen LogP contribution in [0, 0.1) is 5.92 Å². The predicted molar refractivity (Wildman–Crippen MR) is 110 cm³/mol. The van der Waals surface area contributed by atoms with Gasteiger partial charge in [-0.1, -0.05) is 25.4 Å². The summed E-state index contributed by atoms with van der Waals surface area (Å²) in [6, 6.07) is 4.29. The van der Waals surface area contributed by atoms with Crippen molar-refractivity contribution in [3.8, 4) is 11.5 Å². The first kappa shape index (κ1) is 22.5. The number of thiophene rings is 1. The van der Waals surface area contributed by atoms with Crippen molar-refractivity contribution in [2.75, 3.05) is 25.6 Å². The minimum Gasteiger partial charge on any atom is -0.493 e. The summed E-state index contributed by atoms with van der Waals surface area (Å²) in [6.07, 6.45) is 0. The van der Waals surface area contributed by atoms with Gasteiger partial charge in [-0.3, -0.25) is 9.59 Å². The van der Waals surface area contributed by atoms with Gasteiger partial charge >= 0.3 is 5.97 Å². The van der Waals surface area contributed by atoms with Crippen molar-refractivity contribution in [2.45, 2.75) is 13.8 Å². The molecule has 156 valence electrons. The van der Waals surface area contributed by atoms with Crippen molar-refractivity contribution in [3.05, 3.63) is 39.7 Å². The lowest BCUT2D eigenvalue weighted by atomic mass is 10.2. The second kappa shape index (κ2) is 10.1. The SMILES string of the molecule is COc1cc(C(=O)OCC(=O)Nc2sccc2C(N)=O)cc(Cl)c1OCC(C)C. The molecule has 0 aliphatic rings. The number of anilines is 1. The summed E-state index contributed by atoms with van der Waals surface area (Å²) in [4.78, 5) is 35.6. The molecule has 0 fully saturated rings. The van der Waals surface area contributed by atoms with Crippen LogP contribution in [0.2, 0.25) is 5.02 Å². The monoisotopic (exact) mass is 440 g/mol. The van der Waals surface area contributed by atoms with Gasteiger partial charge in [0.05, 0.1) is 29.9 Å². The third kappa shape index (κ3) is 6.10. The van der Waals surface area contributed by atoms with Crippen LogP contribution >= 0.6 is 22.9 Å². The molecule has 1 aromatic carbocycles. The molecule has 2 amide bonds. The maximum absolute atomic E-state index is 12.3. The van der Waals surface area contributed by atoms with E-state index in [0.29, 0.717) is 12.4 Å². The third-order valence-electron chi connectivity index (χ3n) is 3.54. The molecule has 29 heavy (non-hydrogen) atoms. The van der Waals surface area contributed by atoms with Gasteiger partial charge in [0.1, 0.15) is 5.00 Å². The summed E-state index contributed by atoms with van der Waals surface area (Å²) < 4.78 is 15.9. The highest BCUT2D eigenvalue weighted by molar-refractivity contribution is 7.14. The Morgan fingerprint density at radius 2 is 2.00 bits per heavy atom. The molecule has 2 rings (SSSR count). The number of benzene rings is 1. The second-order valence-corrected chi connectivity index (χ2v) is 7.67. The van der Waals surface area contributed by atoms with E-state index < -0.39 is 24.4 Å². The quantitative estimate of drug-likeness (QED) is 0.577. The van der Waals surface area contributed by atoms with Gasteiger partial charge in [0.15, 0.2) is 18.1 Å². The molecule has 0 atom stereocenters. The van der Waals surface area contributed by atoms with Crippen LogP contribution in [0.5, 0.6) is 11.5 Å². The first-order valence-electron chi connectivity index (χ1n) is 8.57. The number of esters is 1. The zero-order valence-corrected chi connectivity index (χ0v) is 17.7. The van der Waals surface area contributed by atoms with E-state index in [9.17, 15) is 14.4 Å². The summed E-state index contributed by atoms with van der Waals surface area (Å²) in [5.41, 5.74) is 5.51. The number of carbonyl (C=O) groups excluding carboxylic acids is 3. The van der Waals surface area contributed by atoms with Crippen molar-refractivity contribution in [1.29, 1.82) is 0 Å². The van der Waals surface area contributed by atoms with Gasteiger partial charge in [-0.05, 0) is 29.5 Å². The molecule has 10 heteroatoms. The van der Waals surface area contributed by atoms with E-state index in [4.69, 9.17) is 31.5 Å². The van der Waals surface area contributed by atoms with Gasteiger partial charge in [0.2, 0.25) is 0 Å². The molecular formula is C19H21ClN2O6S. The normalized spacial score (nSPS) is 10.5. The number of hydrogen-bond donors (Lipinski definition) is 2. The summed E-state index contributed by atoms with van der Waals surface area (Å²) in [6.45, 7) is 3.84. The highest BCUT2D eigenvalue weighted by Gasteiger charge is 2.19. The zero-order chi connectivity index (χ0) is 21.6. The van der Waals surface area contributed by atoms with Gasteiger partial charge in [-0.15, -0.1) is 11.3 Å². The van der Waals surface area contributed by atoms with E-state index >= 15 is 0 Å². The Morgan fingerprint density at radius 1 is 1.28 bits per heavy atom. The van der Waals surface area contributed by atoms with E-state index in [1.807, 2.05) is 13.8 Å². The molecule has 0 bridgehead atoms. The summed E-state index contributed by atoms with van der Waals surface area (Å²) in [5, 5.41) is 4.56. The van der Waals surface area contributed by atoms with Crippen molar-refractivity contribution in [2.24, 2.45) is 11.7 Å². The zero-order valence-electron chi connectivity index (χ0n) is 16.1. The van der Waals surface area contributed by atoms with E-state index in [1.54, 1.807) is 5.38 Å². The molecule has 0 saturated carbocycles. The number of nitrogens with one attached hydrogen (secondary N) is 1. The molecular weight excluding hydrogens is 420 g/mol. The highest BCUT2D eigenvalue weighted by atomic mass is 35.5. The number of ether oxygens (including phenoxy) is 3. The lowest BCUT2D eigenvalue weighted by molar-refractivity contribution is -0.119. The van der Waals surface area contributed by atoms with Crippen molar-refractivity contribution in [1.82, 2.24) is 0 Å². The average molecular weight is 441 g/mol. The molecule has 0 saturated heterocycles. The van der Waals surface area contributed by atoms with Crippen LogP contribution in [0.25, 0.3) is 0 Å². The summed E-state index contributed by atoms with van der Waals surface area (Å²) >= 11 is 7.34. The van der Waals surface area contributed by atoms with Crippen LogP contribution in [-0.4, -0.2) is 38.1 Å². The number of amides is 2. The molecule has 1 aromatic heterocycles. The van der Waals surface area contributed by atoms with E-state index in [0.717, 1.165) is 11.3 Å². The average Bonchev–Trinajstić information content (AvgIpc) is 3.12. The Hall–Kier alpha value is -2.78. The molecule has 0 radical (unpaired) electrons. The molecule has 1 heterocycles. The fraction of sp³-hybridized carbons (Fsp3) is 0.316. The number of nitrogens with two attached hydrogens (primary N) is 1. The number of rotatable bonds is 9. The summed E-state index contributed by atoms with van der Waals surface area (Å²) in [5.74, 6) is -1.17. The number of carbonyl (C=O) groups is 3. The first-order valence-corrected chi connectivity index (χ1v) is 9.83. The Morgan fingerprint density at radius 3 is 2.62 bits per heavy atom. The lowest BCUT2D eigenvalue weighted by Crippen LogP contribution is -2.22. The van der Waals surface area contributed by atoms with Gasteiger partial charge in [-0.25, -0.2) is 4.79 Å². The standard InChI is InChI=1S/C19H21ClN2O6S/c1-10(2)8-27-16-13(20)6-11(7-14(16)26-3)19(25)28-9-15(23)22-18-12(17(21)24)4-5-29-18/h4-7,10H,8-9H2,1-3H3,(H2,21,24)(H,22,23). The second-order valence-electron chi connectivity index (χ2n) is 6.35. The molecule has 8 nitrogen and oxygen atoms in total. The van der Waals surface area contributed by atoms with Crippen LogP contribution < -0.4 is 20.5 Å². The first-order chi connectivity index (χ1) is 13.7. The van der Waals surface area contributed by atoms with Crippen molar-refractivity contribution < 1.29 is 28.6 Å². The molecule has 0 aliphatic heterocycles. The number of methoxy groups -OCH3 is 1. The van der Waals surface area contributed by atoms with E-state index in [-0.39, 0.29) is 32.8 Å². The minimum absolute atomic E-state index is 0.102. The van der Waals surface area contributed by atoms with Gasteiger partial charge in [0, 0.05) is 0 Å². The maximum atomic E-state index is 12.3. The fourth-order valence-electron chi connectivity index (χ4n) is 2.21. The Bertz CT molecular complexity index is 912. The lowest BCUT2D eigenvalue weighted by Gasteiger charge is -2.15. The topological polar surface area (TPSA) is 117 Å². The molecule has 2 aromatic rings. The summed E-state index contributed by atoms with van der Waals surface area (Å²) in [7, 11) is 1.42. The Kier molecular flexibility index (Phi) is 7.86. The van der Waals surface area contributed by atoms with Gasteiger partial charge in [-0.2, -0.15) is 0 Å². The van der Waals surface area contributed by atoms with E-state index in [1.165, 1.54) is 25.3 Å².